The van der Waals surface area contributed by atoms with E-state index < -0.39 is 0 Å². The molecular formula is C15H23N3. The van der Waals surface area contributed by atoms with Crippen LogP contribution in [0.3, 0.4) is 0 Å². The minimum atomic E-state index is 0.264. The molecule has 0 spiro atoms. The van der Waals surface area contributed by atoms with E-state index in [0.29, 0.717) is 0 Å². The third-order valence-electron chi connectivity index (χ3n) is 4.53. The van der Waals surface area contributed by atoms with Gasteiger partial charge in [-0.2, -0.15) is 0 Å². The molecule has 2 bridgehead atoms. The number of fused-ring (bicyclic) bond motifs is 2. The molecule has 0 amide bonds. The Balaban J connectivity index is 1.68. The van der Waals surface area contributed by atoms with Crippen LogP contribution >= 0.6 is 0 Å². The Bertz CT molecular complexity index is 401. The second kappa shape index (κ2) is 4.88. The maximum Gasteiger partial charge on any atom is 0.128 e. The quantitative estimate of drug-likeness (QED) is 0.885. The van der Waals surface area contributed by atoms with E-state index in [1.165, 1.54) is 31.4 Å². The lowest BCUT2D eigenvalue weighted by Crippen LogP contribution is -2.32. The molecule has 3 heteroatoms. The fourth-order valence-electron chi connectivity index (χ4n) is 3.36. The molecule has 2 N–H and O–H groups in total. The number of hydrogen-bond acceptors (Lipinski definition) is 3. The van der Waals surface area contributed by atoms with Gasteiger partial charge in [0.15, 0.2) is 0 Å². The van der Waals surface area contributed by atoms with Gasteiger partial charge in [-0.1, -0.05) is 13.0 Å². The zero-order valence-corrected chi connectivity index (χ0v) is 11.2. The maximum atomic E-state index is 5.98. The van der Waals surface area contributed by atoms with Crippen LogP contribution in [-0.2, 0) is 6.42 Å². The number of anilines is 1. The molecule has 3 rings (SSSR count). The summed E-state index contributed by atoms with van der Waals surface area (Å²) in [5.74, 6) is 2.08. The first-order chi connectivity index (χ1) is 8.76. The highest BCUT2D eigenvalue weighted by Crippen LogP contribution is 2.39. The summed E-state index contributed by atoms with van der Waals surface area (Å²) in [6, 6.07) is 5.40. The van der Waals surface area contributed by atoms with Gasteiger partial charge in [-0.3, -0.25) is 0 Å². The van der Waals surface area contributed by atoms with Crippen LogP contribution in [0.15, 0.2) is 18.3 Å². The summed E-state index contributed by atoms with van der Waals surface area (Å²) < 4.78 is 0. The van der Waals surface area contributed by atoms with Gasteiger partial charge in [0.05, 0.1) is 0 Å². The van der Waals surface area contributed by atoms with E-state index in [4.69, 9.17) is 5.73 Å². The Morgan fingerprint density at radius 3 is 2.89 bits per heavy atom. The Morgan fingerprint density at radius 2 is 2.33 bits per heavy atom. The van der Waals surface area contributed by atoms with Crippen molar-refractivity contribution in [3.8, 4) is 0 Å². The second-order valence-electron chi connectivity index (χ2n) is 5.88. The monoisotopic (exact) mass is 245 g/mol. The Morgan fingerprint density at radius 1 is 1.44 bits per heavy atom. The van der Waals surface area contributed by atoms with Gasteiger partial charge in [-0.15, -0.1) is 0 Å². The summed E-state index contributed by atoms with van der Waals surface area (Å²) in [6.45, 7) is 3.35. The largest absolute Gasteiger partial charge is 0.353 e. The average molecular weight is 245 g/mol. The molecule has 18 heavy (non-hydrogen) atoms. The molecule has 3 nitrogen and oxygen atoms in total. The number of pyridine rings is 1. The highest BCUT2D eigenvalue weighted by atomic mass is 15.2. The van der Waals surface area contributed by atoms with Crippen LogP contribution in [-0.4, -0.2) is 23.6 Å². The third kappa shape index (κ3) is 2.24. The number of hydrogen-bond donors (Lipinski definition) is 1. The predicted octanol–water partition coefficient (Wildman–Crippen LogP) is 2.35. The van der Waals surface area contributed by atoms with Crippen molar-refractivity contribution in [3.05, 3.63) is 23.9 Å². The van der Waals surface area contributed by atoms with E-state index in [9.17, 15) is 0 Å². The summed E-state index contributed by atoms with van der Waals surface area (Å²) in [6.07, 6.45) is 8.13. The van der Waals surface area contributed by atoms with Crippen molar-refractivity contribution in [1.82, 2.24) is 4.98 Å². The van der Waals surface area contributed by atoms with Gasteiger partial charge in [-0.05, 0) is 49.7 Å². The molecule has 1 aromatic heterocycles. The topological polar surface area (TPSA) is 42.1 Å². The molecule has 98 valence electrons. The van der Waals surface area contributed by atoms with Crippen LogP contribution in [0.25, 0.3) is 0 Å². The molecule has 1 aliphatic carbocycles. The number of aromatic nitrogens is 1. The smallest absolute Gasteiger partial charge is 0.128 e. The summed E-state index contributed by atoms with van der Waals surface area (Å²) >= 11 is 0. The summed E-state index contributed by atoms with van der Waals surface area (Å²) in [4.78, 5) is 7.13. The predicted molar refractivity (Wildman–Crippen MR) is 74.7 cm³/mol. The Hall–Kier alpha value is -1.09. The van der Waals surface area contributed by atoms with Crippen LogP contribution < -0.4 is 10.6 Å². The van der Waals surface area contributed by atoms with Crippen molar-refractivity contribution in [3.63, 3.8) is 0 Å². The van der Waals surface area contributed by atoms with Crippen molar-refractivity contribution < 1.29 is 0 Å². The second-order valence-corrected chi connectivity index (χ2v) is 5.88. The van der Waals surface area contributed by atoms with Crippen molar-refractivity contribution >= 4 is 5.82 Å². The lowest BCUT2D eigenvalue weighted by atomic mass is 10.1. The van der Waals surface area contributed by atoms with Crippen LogP contribution in [0.1, 0.15) is 38.2 Å². The first-order valence-electron chi connectivity index (χ1n) is 7.23. The van der Waals surface area contributed by atoms with Gasteiger partial charge in [0, 0.05) is 24.8 Å². The molecule has 1 saturated heterocycles. The highest BCUT2D eigenvalue weighted by molar-refractivity contribution is 5.43. The van der Waals surface area contributed by atoms with Gasteiger partial charge in [-0.25, -0.2) is 4.98 Å². The van der Waals surface area contributed by atoms with E-state index in [2.05, 4.69) is 28.9 Å². The Labute approximate surface area is 109 Å². The van der Waals surface area contributed by atoms with Crippen molar-refractivity contribution in [2.24, 2.45) is 11.7 Å². The van der Waals surface area contributed by atoms with Crippen molar-refractivity contribution in [2.75, 3.05) is 11.4 Å². The van der Waals surface area contributed by atoms with Gasteiger partial charge in [0.1, 0.15) is 5.82 Å². The van der Waals surface area contributed by atoms with Gasteiger partial charge in [0.25, 0.3) is 0 Å². The fourth-order valence-corrected chi connectivity index (χ4v) is 3.36. The molecule has 1 aliphatic heterocycles. The standard InChI is InChI=1S/C15H23N3/c1-2-13(16)7-11-4-6-15(17-9-11)18-10-12-3-5-14(18)8-12/h4,6,9,12-14H,2-3,5,7-8,10,16H2,1H3. The number of nitrogens with zero attached hydrogens (tertiary/aromatic N) is 2. The van der Waals surface area contributed by atoms with Crippen molar-refractivity contribution in [2.45, 2.75) is 51.1 Å². The zero-order valence-electron chi connectivity index (χ0n) is 11.2. The number of rotatable bonds is 4. The average Bonchev–Trinajstić information content (AvgIpc) is 3.02. The van der Waals surface area contributed by atoms with E-state index in [-0.39, 0.29) is 6.04 Å². The first-order valence-corrected chi connectivity index (χ1v) is 7.23. The molecule has 0 aromatic carbocycles. The lowest BCUT2D eigenvalue weighted by molar-refractivity contribution is 0.550. The van der Waals surface area contributed by atoms with Gasteiger partial charge >= 0.3 is 0 Å². The van der Waals surface area contributed by atoms with E-state index in [1.54, 1.807) is 0 Å². The molecule has 1 aromatic rings. The minimum absolute atomic E-state index is 0.264. The molecule has 3 unspecified atom stereocenters. The van der Waals surface area contributed by atoms with E-state index >= 15 is 0 Å². The van der Waals surface area contributed by atoms with Crippen LogP contribution in [0.4, 0.5) is 5.82 Å². The van der Waals surface area contributed by atoms with E-state index in [0.717, 1.165) is 30.6 Å². The molecule has 2 heterocycles. The third-order valence-corrected chi connectivity index (χ3v) is 4.53. The summed E-state index contributed by atoms with van der Waals surface area (Å²) in [7, 11) is 0. The Kier molecular flexibility index (Phi) is 3.25. The summed E-state index contributed by atoms with van der Waals surface area (Å²) in [5.41, 5.74) is 7.24. The fraction of sp³-hybridized carbons (Fsp3) is 0.667. The first kappa shape index (κ1) is 12.0. The van der Waals surface area contributed by atoms with Crippen molar-refractivity contribution in [1.29, 1.82) is 0 Å². The normalized spacial score (nSPS) is 27.8. The highest BCUT2D eigenvalue weighted by Gasteiger charge is 2.38. The van der Waals surface area contributed by atoms with Crippen LogP contribution in [0, 0.1) is 5.92 Å². The van der Waals surface area contributed by atoms with Crippen LogP contribution in [0.2, 0.25) is 0 Å². The van der Waals surface area contributed by atoms with Gasteiger partial charge in [0.2, 0.25) is 0 Å². The number of nitrogens with two attached hydrogens (primary N) is 1. The summed E-state index contributed by atoms with van der Waals surface area (Å²) in [5, 5.41) is 0. The number of piperidine rings is 1. The maximum absolute atomic E-state index is 5.98. The molecule has 2 fully saturated rings. The van der Waals surface area contributed by atoms with Crippen LogP contribution in [0.5, 0.6) is 0 Å². The van der Waals surface area contributed by atoms with E-state index in [1.807, 2.05) is 6.20 Å². The molecule has 0 radical (unpaired) electrons. The SMILES string of the molecule is CCC(N)Cc1ccc(N2CC3CCC2C3)nc1. The van der Waals surface area contributed by atoms with Gasteiger partial charge < -0.3 is 10.6 Å². The molecule has 1 saturated carbocycles. The zero-order chi connectivity index (χ0) is 12.5. The molecule has 2 aliphatic rings. The molecular weight excluding hydrogens is 222 g/mol. The minimum Gasteiger partial charge on any atom is -0.353 e. The molecule has 3 atom stereocenters. The lowest BCUT2D eigenvalue weighted by Gasteiger charge is -2.28.